The highest BCUT2D eigenvalue weighted by Crippen LogP contribution is 2.05. The lowest BCUT2D eigenvalue weighted by atomic mass is 10.1. The van der Waals surface area contributed by atoms with Gasteiger partial charge in [-0.1, -0.05) is 44.2 Å². The highest BCUT2D eigenvalue weighted by Gasteiger charge is 2.14. The number of hydrogen-bond acceptors (Lipinski definition) is 3. The highest BCUT2D eigenvalue weighted by atomic mass is 16.1. The lowest BCUT2D eigenvalue weighted by molar-refractivity contribution is 0.0942. The summed E-state index contributed by atoms with van der Waals surface area (Å²) in [6.07, 6.45) is 0.633. The number of likely N-dealkylation sites (N-methyl/N-ethyl adjacent to an activating group) is 1. The molecule has 2 rings (SSSR count). The number of carbonyl (C=O) groups is 1. The second-order valence-electron chi connectivity index (χ2n) is 4.68. The zero-order chi connectivity index (χ0) is 14.1. The van der Waals surface area contributed by atoms with Crippen LogP contribution in [0.4, 0.5) is 0 Å². The van der Waals surface area contributed by atoms with E-state index in [2.05, 4.69) is 16.8 Å². The summed E-state index contributed by atoms with van der Waals surface area (Å²) < 4.78 is 0. The molecule has 1 fully saturated rings. The van der Waals surface area contributed by atoms with Crippen LogP contribution >= 0.6 is 0 Å². The van der Waals surface area contributed by atoms with E-state index in [-0.39, 0.29) is 5.78 Å². The molecule has 3 heteroatoms. The Morgan fingerprint density at radius 2 is 1.63 bits per heavy atom. The summed E-state index contributed by atoms with van der Waals surface area (Å²) in [6.45, 7) is 9.28. The van der Waals surface area contributed by atoms with Gasteiger partial charge in [0.05, 0.1) is 0 Å². The topological polar surface area (TPSA) is 23.6 Å². The summed E-state index contributed by atoms with van der Waals surface area (Å²) in [6, 6.07) is 9.57. The molecule has 1 aromatic rings. The predicted octanol–water partition coefficient (Wildman–Crippen LogP) is 2.53. The van der Waals surface area contributed by atoms with Crippen LogP contribution in [0, 0.1) is 0 Å². The Morgan fingerprint density at radius 1 is 1.05 bits per heavy atom. The fourth-order valence-corrected chi connectivity index (χ4v) is 2.10. The molecule has 1 saturated heterocycles. The van der Waals surface area contributed by atoms with Crippen molar-refractivity contribution >= 4 is 5.78 Å². The van der Waals surface area contributed by atoms with Crippen molar-refractivity contribution in [3.05, 3.63) is 35.9 Å². The van der Waals surface area contributed by atoms with E-state index in [4.69, 9.17) is 0 Å². The molecule has 0 bridgehead atoms. The Kier molecular flexibility index (Phi) is 7.38. The van der Waals surface area contributed by atoms with Crippen molar-refractivity contribution in [1.82, 2.24) is 9.80 Å². The minimum atomic E-state index is 0.254. The third-order valence-corrected chi connectivity index (χ3v) is 3.35. The summed E-state index contributed by atoms with van der Waals surface area (Å²) >= 11 is 0. The lowest BCUT2D eigenvalue weighted by Crippen LogP contribution is -2.45. The van der Waals surface area contributed by atoms with Crippen LogP contribution < -0.4 is 0 Å². The van der Waals surface area contributed by atoms with Gasteiger partial charge in [0.1, 0.15) is 0 Å². The zero-order valence-corrected chi connectivity index (χ0v) is 12.4. The van der Waals surface area contributed by atoms with Crippen LogP contribution in [0.2, 0.25) is 0 Å². The van der Waals surface area contributed by atoms with Crippen molar-refractivity contribution in [2.24, 2.45) is 0 Å². The Morgan fingerprint density at radius 3 is 2.21 bits per heavy atom. The molecular formula is C16H26N2O. The Bertz CT molecular complexity index is 356. The number of Topliss-reactive ketones (excluding diaryl/α,β-unsaturated/α-hetero) is 1. The lowest BCUT2D eigenvalue weighted by Gasteiger charge is -2.32. The molecule has 3 nitrogen and oxygen atoms in total. The van der Waals surface area contributed by atoms with Crippen LogP contribution in [0.1, 0.15) is 30.6 Å². The molecular weight excluding hydrogens is 236 g/mol. The molecule has 19 heavy (non-hydrogen) atoms. The number of piperazine rings is 1. The summed E-state index contributed by atoms with van der Waals surface area (Å²) in [5, 5.41) is 0. The maximum Gasteiger partial charge on any atom is 0.164 e. The monoisotopic (exact) mass is 262 g/mol. The van der Waals surface area contributed by atoms with E-state index in [1.807, 2.05) is 44.2 Å². The molecule has 106 valence electrons. The van der Waals surface area contributed by atoms with Gasteiger partial charge in [-0.05, 0) is 7.05 Å². The summed E-state index contributed by atoms with van der Waals surface area (Å²) in [5.74, 6) is 0.254. The normalized spacial score (nSPS) is 16.6. The van der Waals surface area contributed by atoms with Gasteiger partial charge < -0.3 is 9.80 Å². The molecule has 0 saturated carbocycles. The van der Waals surface area contributed by atoms with Crippen LogP contribution in [0.25, 0.3) is 0 Å². The maximum atomic E-state index is 11.9. The smallest absolute Gasteiger partial charge is 0.164 e. The number of ketones is 1. The van der Waals surface area contributed by atoms with Gasteiger partial charge >= 0.3 is 0 Å². The van der Waals surface area contributed by atoms with E-state index in [0.29, 0.717) is 6.42 Å². The minimum absolute atomic E-state index is 0.254. The molecule has 0 radical (unpaired) electrons. The first-order valence-electron chi connectivity index (χ1n) is 7.25. The first kappa shape index (κ1) is 15.9. The fourth-order valence-electron chi connectivity index (χ4n) is 2.10. The van der Waals surface area contributed by atoms with Crippen LogP contribution in [0.15, 0.2) is 30.3 Å². The molecule has 1 aliphatic rings. The molecule has 0 amide bonds. The van der Waals surface area contributed by atoms with E-state index in [9.17, 15) is 4.79 Å². The van der Waals surface area contributed by atoms with E-state index in [1.54, 1.807) is 0 Å². The Labute approximate surface area is 117 Å². The predicted molar refractivity (Wildman–Crippen MR) is 80.7 cm³/mol. The van der Waals surface area contributed by atoms with Crippen LogP contribution in [-0.2, 0) is 0 Å². The van der Waals surface area contributed by atoms with Crippen LogP contribution in [-0.4, -0.2) is 55.4 Å². The Balaban J connectivity index is 0.000000861. The highest BCUT2D eigenvalue weighted by molar-refractivity contribution is 5.96. The SMILES string of the molecule is CC.CN1CCN(CCC(=O)c2ccccc2)CC1. The van der Waals surface area contributed by atoms with Gasteiger partial charge in [0.25, 0.3) is 0 Å². The average Bonchev–Trinajstić information content (AvgIpc) is 2.49. The molecule has 1 aliphatic heterocycles. The molecule has 0 unspecified atom stereocenters. The van der Waals surface area contributed by atoms with Crippen molar-refractivity contribution in [2.45, 2.75) is 20.3 Å². The van der Waals surface area contributed by atoms with Gasteiger partial charge in [-0.2, -0.15) is 0 Å². The van der Waals surface area contributed by atoms with Crippen LogP contribution in [0.5, 0.6) is 0 Å². The average molecular weight is 262 g/mol. The van der Waals surface area contributed by atoms with Gasteiger partial charge in [0.2, 0.25) is 0 Å². The van der Waals surface area contributed by atoms with Gasteiger partial charge in [-0.3, -0.25) is 4.79 Å². The third-order valence-electron chi connectivity index (χ3n) is 3.35. The molecule has 0 atom stereocenters. The third kappa shape index (κ3) is 5.53. The number of hydrogen-bond donors (Lipinski definition) is 0. The second-order valence-corrected chi connectivity index (χ2v) is 4.68. The standard InChI is InChI=1S/C14H20N2O.C2H6/c1-15-9-11-16(12-10-15)8-7-14(17)13-5-3-2-4-6-13;1-2/h2-6H,7-12H2,1H3;1-2H3. The summed E-state index contributed by atoms with van der Waals surface area (Å²) in [5.41, 5.74) is 0.835. The van der Waals surface area contributed by atoms with Gasteiger partial charge in [-0.25, -0.2) is 0 Å². The van der Waals surface area contributed by atoms with Crippen molar-refractivity contribution in [1.29, 1.82) is 0 Å². The molecule has 0 aliphatic carbocycles. The molecule has 0 N–H and O–H groups in total. The van der Waals surface area contributed by atoms with Crippen molar-refractivity contribution in [2.75, 3.05) is 39.8 Å². The molecule has 0 spiro atoms. The van der Waals surface area contributed by atoms with E-state index in [0.717, 1.165) is 38.3 Å². The number of benzene rings is 1. The first-order chi connectivity index (χ1) is 9.25. The Hall–Kier alpha value is -1.19. The quantitative estimate of drug-likeness (QED) is 0.779. The van der Waals surface area contributed by atoms with E-state index in [1.165, 1.54) is 0 Å². The summed E-state index contributed by atoms with van der Waals surface area (Å²) in [4.78, 5) is 16.6. The van der Waals surface area contributed by atoms with Gasteiger partial charge in [-0.15, -0.1) is 0 Å². The van der Waals surface area contributed by atoms with Gasteiger partial charge in [0.15, 0.2) is 5.78 Å². The van der Waals surface area contributed by atoms with Crippen molar-refractivity contribution in [3.8, 4) is 0 Å². The van der Waals surface area contributed by atoms with E-state index < -0.39 is 0 Å². The van der Waals surface area contributed by atoms with Crippen LogP contribution in [0.3, 0.4) is 0 Å². The summed E-state index contributed by atoms with van der Waals surface area (Å²) in [7, 11) is 2.15. The first-order valence-corrected chi connectivity index (χ1v) is 7.25. The van der Waals surface area contributed by atoms with Crippen molar-refractivity contribution < 1.29 is 4.79 Å². The fraction of sp³-hybridized carbons (Fsp3) is 0.562. The molecule has 1 aromatic carbocycles. The maximum absolute atomic E-state index is 11.9. The number of carbonyl (C=O) groups excluding carboxylic acids is 1. The van der Waals surface area contributed by atoms with E-state index >= 15 is 0 Å². The second kappa shape index (κ2) is 8.83. The minimum Gasteiger partial charge on any atom is -0.304 e. The van der Waals surface area contributed by atoms with Gasteiger partial charge in [0, 0.05) is 44.7 Å². The largest absolute Gasteiger partial charge is 0.304 e. The number of nitrogens with zero attached hydrogens (tertiary/aromatic N) is 2. The zero-order valence-electron chi connectivity index (χ0n) is 12.4. The van der Waals surface area contributed by atoms with Crippen molar-refractivity contribution in [3.63, 3.8) is 0 Å². The molecule has 0 aromatic heterocycles. The molecule has 1 heterocycles. The number of rotatable bonds is 4.